The summed E-state index contributed by atoms with van der Waals surface area (Å²) < 4.78 is 18.7. The Morgan fingerprint density at radius 1 is 0.971 bits per heavy atom. The fourth-order valence-electron chi connectivity index (χ4n) is 3.36. The second-order valence-electron chi connectivity index (χ2n) is 7.96. The van der Waals surface area contributed by atoms with Gasteiger partial charge in [0.25, 0.3) is 0 Å². The number of aliphatic carboxylic acids is 2. The number of carboxylic acid groups (broad SMARTS) is 2. The average Bonchev–Trinajstić information content (AvgIpc) is 2.82. The van der Waals surface area contributed by atoms with Gasteiger partial charge in [0.05, 0.1) is 13.2 Å². The number of rotatable bonds is 8. The van der Waals surface area contributed by atoms with Crippen molar-refractivity contribution in [2.75, 3.05) is 31.6 Å². The molecule has 1 heterocycles. The van der Waals surface area contributed by atoms with Crippen LogP contribution in [0.3, 0.4) is 0 Å². The fraction of sp³-hybridized carbons (Fsp3) is 0.333. The minimum absolute atomic E-state index is 0.0807. The standard InChI is InChI=1S/C22H26FN3O3.C2H2O4/c23-19-5-1-16(2-6-19)14-29-15-17-9-11-26(12-10-17)13-21(27)25-20-7-3-18(4-8-20)22(24)28;3-1(4)2(5)6/h1-8,17H,9-15H2,(H2,24,28)(H,25,27);(H,3,4)(H,5,6). The maximum atomic E-state index is 12.9. The van der Waals surface area contributed by atoms with Crippen LogP contribution < -0.4 is 11.1 Å². The Kier molecular flexibility index (Phi) is 10.8. The second kappa shape index (κ2) is 13.8. The first-order valence-electron chi connectivity index (χ1n) is 10.8. The van der Waals surface area contributed by atoms with Crippen molar-refractivity contribution in [1.82, 2.24) is 4.90 Å². The summed E-state index contributed by atoms with van der Waals surface area (Å²) in [7, 11) is 0. The summed E-state index contributed by atoms with van der Waals surface area (Å²) >= 11 is 0. The van der Waals surface area contributed by atoms with Gasteiger partial charge in [0, 0.05) is 17.9 Å². The number of halogens is 1. The molecule has 2 aromatic rings. The third kappa shape index (κ3) is 10.3. The molecular weight excluding hydrogens is 461 g/mol. The van der Waals surface area contributed by atoms with Gasteiger partial charge in [-0.1, -0.05) is 12.1 Å². The number of primary amides is 1. The maximum absolute atomic E-state index is 12.9. The minimum atomic E-state index is -1.82. The largest absolute Gasteiger partial charge is 0.473 e. The summed E-state index contributed by atoms with van der Waals surface area (Å²) in [6.45, 7) is 3.18. The van der Waals surface area contributed by atoms with E-state index in [-0.39, 0.29) is 11.7 Å². The molecule has 35 heavy (non-hydrogen) atoms. The van der Waals surface area contributed by atoms with Crippen molar-refractivity contribution in [3.8, 4) is 0 Å². The predicted octanol–water partition coefficient (Wildman–Crippen LogP) is 1.95. The molecule has 1 saturated heterocycles. The van der Waals surface area contributed by atoms with Crippen molar-refractivity contribution >= 4 is 29.4 Å². The number of carbonyl (C=O) groups is 4. The molecular formula is C24H28FN3O7. The summed E-state index contributed by atoms with van der Waals surface area (Å²) in [6.07, 6.45) is 1.95. The van der Waals surface area contributed by atoms with Crippen molar-refractivity contribution in [3.63, 3.8) is 0 Å². The minimum Gasteiger partial charge on any atom is -0.473 e. The van der Waals surface area contributed by atoms with E-state index >= 15 is 0 Å². The molecule has 1 aliphatic rings. The molecule has 5 N–H and O–H groups in total. The highest BCUT2D eigenvalue weighted by atomic mass is 19.1. The molecule has 0 unspecified atom stereocenters. The molecule has 0 saturated carbocycles. The Labute approximate surface area is 201 Å². The number of ether oxygens (including phenoxy) is 1. The number of carbonyl (C=O) groups excluding carboxylic acids is 2. The summed E-state index contributed by atoms with van der Waals surface area (Å²) in [5.74, 6) is -4.00. The molecule has 0 radical (unpaired) electrons. The molecule has 0 aliphatic carbocycles. The molecule has 3 rings (SSSR count). The van der Waals surface area contributed by atoms with Gasteiger partial charge in [0.1, 0.15) is 5.82 Å². The first kappa shape index (κ1) is 27.4. The number of benzene rings is 2. The van der Waals surface area contributed by atoms with Crippen molar-refractivity contribution < 1.29 is 38.5 Å². The van der Waals surface area contributed by atoms with Crippen LogP contribution in [0.1, 0.15) is 28.8 Å². The third-order valence-electron chi connectivity index (χ3n) is 5.25. The normalized spacial score (nSPS) is 13.9. The van der Waals surface area contributed by atoms with E-state index in [4.69, 9.17) is 30.3 Å². The third-order valence-corrected chi connectivity index (χ3v) is 5.25. The van der Waals surface area contributed by atoms with E-state index in [1.165, 1.54) is 12.1 Å². The molecule has 188 valence electrons. The highest BCUT2D eigenvalue weighted by Gasteiger charge is 2.21. The summed E-state index contributed by atoms with van der Waals surface area (Å²) in [5.41, 5.74) is 7.22. The predicted molar refractivity (Wildman–Crippen MR) is 124 cm³/mol. The number of nitrogens with two attached hydrogens (primary N) is 1. The molecule has 0 aromatic heterocycles. The fourth-order valence-corrected chi connectivity index (χ4v) is 3.36. The van der Waals surface area contributed by atoms with Gasteiger partial charge in [-0.05, 0) is 73.8 Å². The Morgan fingerprint density at radius 2 is 1.54 bits per heavy atom. The summed E-state index contributed by atoms with van der Waals surface area (Å²) in [6, 6.07) is 12.9. The number of hydrogen-bond donors (Lipinski definition) is 4. The van der Waals surface area contributed by atoms with Gasteiger partial charge in [-0.25, -0.2) is 14.0 Å². The number of likely N-dealkylation sites (tertiary alicyclic amines) is 1. The van der Waals surface area contributed by atoms with E-state index in [9.17, 15) is 14.0 Å². The number of nitrogens with one attached hydrogen (secondary N) is 1. The Bertz CT molecular complexity index is 993. The molecule has 10 nitrogen and oxygen atoms in total. The number of piperidine rings is 1. The van der Waals surface area contributed by atoms with Gasteiger partial charge in [-0.3, -0.25) is 14.5 Å². The van der Waals surface area contributed by atoms with Crippen LogP contribution in [-0.4, -0.2) is 65.1 Å². The van der Waals surface area contributed by atoms with E-state index in [0.29, 0.717) is 36.9 Å². The van der Waals surface area contributed by atoms with Crippen LogP contribution >= 0.6 is 0 Å². The van der Waals surface area contributed by atoms with E-state index in [2.05, 4.69) is 10.2 Å². The number of carboxylic acids is 2. The Hall–Kier alpha value is -3.83. The maximum Gasteiger partial charge on any atom is 0.414 e. The van der Waals surface area contributed by atoms with E-state index < -0.39 is 17.8 Å². The molecule has 0 spiro atoms. The average molecular weight is 490 g/mol. The zero-order chi connectivity index (χ0) is 25.8. The van der Waals surface area contributed by atoms with Crippen LogP contribution in [0.4, 0.5) is 10.1 Å². The van der Waals surface area contributed by atoms with Crippen molar-refractivity contribution in [2.45, 2.75) is 19.4 Å². The lowest BCUT2D eigenvalue weighted by Gasteiger charge is -2.31. The van der Waals surface area contributed by atoms with Gasteiger partial charge in [0.15, 0.2) is 0 Å². The van der Waals surface area contributed by atoms with Gasteiger partial charge in [-0.15, -0.1) is 0 Å². The highest BCUT2D eigenvalue weighted by molar-refractivity contribution is 6.27. The lowest BCUT2D eigenvalue weighted by molar-refractivity contribution is -0.159. The highest BCUT2D eigenvalue weighted by Crippen LogP contribution is 2.18. The number of amides is 2. The quantitative estimate of drug-likeness (QED) is 0.410. The van der Waals surface area contributed by atoms with Gasteiger partial charge < -0.3 is 26.0 Å². The molecule has 11 heteroatoms. The van der Waals surface area contributed by atoms with Crippen molar-refractivity contribution in [3.05, 3.63) is 65.5 Å². The summed E-state index contributed by atoms with van der Waals surface area (Å²) in [4.78, 5) is 43.6. The number of nitrogens with zero attached hydrogens (tertiary/aromatic N) is 1. The van der Waals surface area contributed by atoms with E-state index in [0.717, 1.165) is 31.5 Å². The van der Waals surface area contributed by atoms with Crippen LogP contribution in [0.5, 0.6) is 0 Å². The molecule has 2 amide bonds. The smallest absolute Gasteiger partial charge is 0.414 e. The topological polar surface area (TPSA) is 159 Å². The second-order valence-corrected chi connectivity index (χ2v) is 7.96. The number of hydrogen-bond acceptors (Lipinski definition) is 6. The summed E-state index contributed by atoms with van der Waals surface area (Å²) in [5, 5.41) is 17.6. The molecule has 0 bridgehead atoms. The van der Waals surface area contributed by atoms with Crippen LogP contribution in [0.25, 0.3) is 0 Å². The number of anilines is 1. The zero-order valence-electron chi connectivity index (χ0n) is 19.0. The lowest BCUT2D eigenvalue weighted by atomic mass is 9.98. The zero-order valence-corrected chi connectivity index (χ0v) is 19.0. The van der Waals surface area contributed by atoms with Crippen LogP contribution in [0.2, 0.25) is 0 Å². The Balaban J connectivity index is 0.000000641. The SMILES string of the molecule is NC(=O)c1ccc(NC(=O)CN2CCC(COCc3ccc(F)cc3)CC2)cc1.O=C(O)C(=O)O. The molecule has 1 aliphatic heterocycles. The molecule has 1 fully saturated rings. The van der Waals surface area contributed by atoms with Crippen LogP contribution in [0.15, 0.2) is 48.5 Å². The van der Waals surface area contributed by atoms with Crippen molar-refractivity contribution in [1.29, 1.82) is 0 Å². The monoisotopic (exact) mass is 489 g/mol. The van der Waals surface area contributed by atoms with Crippen molar-refractivity contribution in [2.24, 2.45) is 11.7 Å². The van der Waals surface area contributed by atoms with Crippen LogP contribution in [0, 0.1) is 11.7 Å². The Morgan fingerprint density at radius 3 is 2.06 bits per heavy atom. The molecule has 2 aromatic carbocycles. The van der Waals surface area contributed by atoms with Gasteiger partial charge in [-0.2, -0.15) is 0 Å². The van der Waals surface area contributed by atoms with Gasteiger partial charge in [0.2, 0.25) is 11.8 Å². The van der Waals surface area contributed by atoms with Gasteiger partial charge >= 0.3 is 11.9 Å². The first-order valence-corrected chi connectivity index (χ1v) is 10.8. The lowest BCUT2D eigenvalue weighted by Crippen LogP contribution is -2.40. The van der Waals surface area contributed by atoms with E-state index in [1.807, 2.05) is 0 Å². The van der Waals surface area contributed by atoms with Crippen LogP contribution in [-0.2, 0) is 25.7 Å². The first-order chi connectivity index (χ1) is 16.6. The van der Waals surface area contributed by atoms with E-state index in [1.54, 1.807) is 36.4 Å². The molecule has 0 atom stereocenters.